The first kappa shape index (κ1) is 21.7. The van der Waals surface area contributed by atoms with Crippen LogP contribution in [0, 0.1) is 11.7 Å². The van der Waals surface area contributed by atoms with E-state index in [2.05, 4.69) is 5.32 Å². The molecule has 1 saturated carbocycles. The van der Waals surface area contributed by atoms with Gasteiger partial charge in [-0.1, -0.05) is 54.6 Å². The van der Waals surface area contributed by atoms with Crippen molar-refractivity contribution in [3.05, 3.63) is 89.7 Å². The Morgan fingerprint density at radius 1 is 0.969 bits per heavy atom. The van der Waals surface area contributed by atoms with Gasteiger partial charge in [-0.3, -0.25) is 9.59 Å². The minimum absolute atomic E-state index is 0.0401. The molecule has 2 atom stereocenters. The predicted octanol–water partition coefficient (Wildman–Crippen LogP) is 4.75. The Morgan fingerprint density at radius 2 is 1.59 bits per heavy atom. The molecule has 0 spiro atoms. The molecule has 5 nitrogen and oxygen atoms in total. The SMILES string of the molecule is O=C(Cc1ccccc1F)Nc1ccc(-c2ccc(C3(O)CCC(C(=O)O)C3)cc2)cc1. The number of carbonyl (C=O) groups is 2. The summed E-state index contributed by atoms with van der Waals surface area (Å²) in [5.74, 6) is -2.07. The topological polar surface area (TPSA) is 86.6 Å². The van der Waals surface area contributed by atoms with E-state index in [-0.39, 0.29) is 18.7 Å². The van der Waals surface area contributed by atoms with Crippen molar-refractivity contribution < 1.29 is 24.2 Å². The number of hydrogen-bond donors (Lipinski definition) is 3. The summed E-state index contributed by atoms with van der Waals surface area (Å²) in [6.07, 6.45) is 1.09. The Kier molecular flexibility index (Phi) is 6.06. The van der Waals surface area contributed by atoms with E-state index in [1.165, 1.54) is 6.07 Å². The fourth-order valence-electron chi connectivity index (χ4n) is 4.24. The lowest BCUT2D eigenvalue weighted by atomic mass is 9.90. The predicted molar refractivity (Wildman–Crippen MR) is 119 cm³/mol. The Balaban J connectivity index is 1.40. The fourth-order valence-corrected chi connectivity index (χ4v) is 4.24. The number of halogens is 1. The molecular weight excluding hydrogens is 409 g/mol. The van der Waals surface area contributed by atoms with E-state index in [9.17, 15) is 24.2 Å². The summed E-state index contributed by atoms with van der Waals surface area (Å²) in [5.41, 5.74) is 2.46. The average molecular weight is 433 g/mol. The summed E-state index contributed by atoms with van der Waals surface area (Å²) in [5, 5.41) is 22.8. The summed E-state index contributed by atoms with van der Waals surface area (Å²) >= 11 is 0. The lowest BCUT2D eigenvalue weighted by Gasteiger charge is -2.23. The van der Waals surface area contributed by atoms with Crippen LogP contribution in [0.1, 0.15) is 30.4 Å². The van der Waals surface area contributed by atoms with Gasteiger partial charge in [0.25, 0.3) is 0 Å². The number of hydrogen-bond acceptors (Lipinski definition) is 3. The molecule has 2 unspecified atom stereocenters. The van der Waals surface area contributed by atoms with Crippen LogP contribution in [-0.2, 0) is 21.6 Å². The van der Waals surface area contributed by atoms with Gasteiger partial charge in [-0.2, -0.15) is 0 Å². The number of carboxylic acids is 1. The van der Waals surface area contributed by atoms with Gasteiger partial charge >= 0.3 is 5.97 Å². The zero-order valence-corrected chi connectivity index (χ0v) is 17.4. The van der Waals surface area contributed by atoms with Crippen molar-refractivity contribution in [1.29, 1.82) is 0 Å². The third-order valence-corrected chi connectivity index (χ3v) is 6.07. The number of anilines is 1. The van der Waals surface area contributed by atoms with Crippen molar-refractivity contribution in [2.24, 2.45) is 5.92 Å². The second-order valence-electron chi connectivity index (χ2n) is 8.28. The maximum absolute atomic E-state index is 13.7. The second kappa shape index (κ2) is 8.93. The maximum atomic E-state index is 13.7. The standard InChI is InChI=1S/C26H24FNO4/c27-23-4-2-1-3-19(23)15-24(29)28-22-11-7-18(8-12-22)17-5-9-21(10-6-17)26(32)14-13-20(16-26)25(30)31/h1-12,20,32H,13-16H2,(H,28,29)(H,30,31). The first-order chi connectivity index (χ1) is 15.3. The van der Waals surface area contributed by atoms with Crippen LogP contribution in [0.5, 0.6) is 0 Å². The summed E-state index contributed by atoms with van der Waals surface area (Å²) < 4.78 is 13.7. The van der Waals surface area contributed by atoms with Gasteiger partial charge in [0.1, 0.15) is 5.82 Å². The number of benzene rings is 3. The Bertz CT molecular complexity index is 1130. The van der Waals surface area contributed by atoms with Gasteiger partial charge < -0.3 is 15.5 Å². The van der Waals surface area contributed by atoms with Crippen LogP contribution in [0.25, 0.3) is 11.1 Å². The normalized spacial score (nSPS) is 20.1. The highest BCUT2D eigenvalue weighted by Gasteiger charge is 2.41. The van der Waals surface area contributed by atoms with E-state index in [1.54, 1.807) is 30.3 Å². The second-order valence-corrected chi connectivity index (χ2v) is 8.28. The number of amides is 1. The van der Waals surface area contributed by atoms with E-state index < -0.39 is 23.3 Å². The zero-order chi connectivity index (χ0) is 22.7. The first-order valence-electron chi connectivity index (χ1n) is 10.5. The molecule has 0 aliphatic heterocycles. The van der Waals surface area contributed by atoms with Crippen molar-refractivity contribution in [3.63, 3.8) is 0 Å². The molecule has 164 valence electrons. The number of nitrogens with one attached hydrogen (secondary N) is 1. The van der Waals surface area contributed by atoms with Crippen molar-refractivity contribution in [1.82, 2.24) is 0 Å². The van der Waals surface area contributed by atoms with Gasteiger partial charge in [-0.15, -0.1) is 0 Å². The van der Waals surface area contributed by atoms with Crippen molar-refractivity contribution >= 4 is 17.6 Å². The summed E-state index contributed by atoms with van der Waals surface area (Å²) in [6.45, 7) is 0. The quantitative estimate of drug-likeness (QED) is 0.524. The molecule has 0 aromatic heterocycles. The van der Waals surface area contributed by atoms with Crippen molar-refractivity contribution in [2.75, 3.05) is 5.32 Å². The molecule has 3 aromatic carbocycles. The first-order valence-corrected chi connectivity index (χ1v) is 10.5. The molecule has 1 aliphatic rings. The third kappa shape index (κ3) is 4.70. The molecule has 4 rings (SSSR count). The molecule has 6 heteroatoms. The van der Waals surface area contributed by atoms with Gasteiger partial charge in [0.2, 0.25) is 5.91 Å². The Labute approximate surface area is 185 Å². The maximum Gasteiger partial charge on any atom is 0.306 e. The lowest BCUT2D eigenvalue weighted by molar-refractivity contribution is -0.142. The Morgan fingerprint density at radius 3 is 2.19 bits per heavy atom. The monoisotopic (exact) mass is 433 g/mol. The summed E-state index contributed by atoms with van der Waals surface area (Å²) in [7, 11) is 0. The van der Waals surface area contributed by atoms with E-state index >= 15 is 0 Å². The molecule has 32 heavy (non-hydrogen) atoms. The van der Waals surface area contributed by atoms with Crippen LogP contribution >= 0.6 is 0 Å². The van der Waals surface area contributed by atoms with Gasteiger partial charge in [-0.25, -0.2) is 4.39 Å². The van der Waals surface area contributed by atoms with E-state index in [4.69, 9.17) is 0 Å². The molecule has 1 fully saturated rings. The van der Waals surface area contributed by atoms with Gasteiger partial charge in [0.15, 0.2) is 0 Å². The smallest absolute Gasteiger partial charge is 0.306 e. The Hall–Kier alpha value is -3.51. The molecule has 3 N–H and O–H groups in total. The molecule has 0 heterocycles. The number of aliphatic hydroxyl groups is 1. The highest BCUT2D eigenvalue weighted by molar-refractivity contribution is 5.92. The number of rotatable bonds is 6. The summed E-state index contributed by atoms with van der Waals surface area (Å²) in [6, 6.07) is 21.0. The number of carboxylic acid groups (broad SMARTS) is 1. The van der Waals surface area contributed by atoms with Gasteiger partial charge in [0.05, 0.1) is 17.9 Å². The molecule has 3 aromatic rings. The minimum Gasteiger partial charge on any atom is -0.481 e. The fraction of sp³-hybridized carbons (Fsp3) is 0.231. The lowest BCUT2D eigenvalue weighted by Crippen LogP contribution is -2.23. The van der Waals surface area contributed by atoms with Gasteiger partial charge in [-0.05, 0) is 59.7 Å². The highest BCUT2D eigenvalue weighted by atomic mass is 19.1. The van der Waals surface area contributed by atoms with E-state index in [0.717, 1.165) is 16.7 Å². The zero-order valence-electron chi connectivity index (χ0n) is 17.4. The molecule has 0 bridgehead atoms. The average Bonchev–Trinajstić information content (AvgIpc) is 3.20. The molecular formula is C26H24FNO4. The van der Waals surface area contributed by atoms with Crippen molar-refractivity contribution in [2.45, 2.75) is 31.3 Å². The van der Waals surface area contributed by atoms with Crippen LogP contribution in [0.3, 0.4) is 0 Å². The summed E-state index contributed by atoms with van der Waals surface area (Å²) in [4.78, 5) is 23.4. The third-order valence-electron chi connectivity index (χ3n) is 6.07. The van der Waals surface area contributed by atoms with Gasteiger partial charge in [0, 0.05) is 5.69 Å². The largest absolute Gasteiger partial charge is 0.481 e. The number of carbonyl (C=O) groups excluding carboxylic acids is 1. The minimum atomic E-state index is -1.10. The van der Waals surface area contributed by atoms with Crippen molar-refractivity contribution in [3.8, 4) is 11.1 Å². The molecule has 1 aliphatic carbocycles. The van der Waals surface area contributed by atoms with E-state index in [0.29, 0.717) is 24.1 Å². The van der Waals surface area contributed by atoms with Crippen LogP contribution in [-0.4, -0.2) is 22.1 Å². The molecule has 1 amide bonds. The molecule has 0 radical (unpaired) electrons. The van der Waals surface area contributed by atoms with Crippen LogP contribution in [0.4, 0.5) is 10.1 Å². The molecule has 0 saturated heterocycles. The van der Waals surface area contributed by atoms with E-state index in [1.807, 2.05) is 36.4 Å². The van der Waals surface area contributed by atoms with Crippen LogP contribution in [0.2, 0.25) is 0 Å². The highest BCUT2D eigenvalue weighted by Crippen LogP contribution is 2.42. The van der Waals surface area contributed by atoms with Crippen LogP contribution in [0.15, 0.2) is 72.8 Å². The number of aliphatic carboxylic acids is 1. The van der Waals surface area contributed by atoms with Crippen LogP contribution < -0.4 is 5.32 Å².